The summed E-state index contributed by atoms with van der Waals surface area (Å²) in [6.45, 7) is 0. The first-order valence-electron chi connectivity index (χ1n) is 8.85. The van der Waals surface area contributed by atoms with Crippen molar-refractivity contribution in [3.63, 3.8) is 0 Å². The number of pyridine rings is 1. The van der Waals surface area contributed by atoms with Gasteiger partial charge in [-0.15, -0.1) is 0 Å². The molecule has 0 bridgehead atoms. The molecule has 6 nitrogen and oxygen atoms in total. The molecule has 1 fully saturated rings. The lowest BCUT2D eigenvalue weighted by atomic mass is 10.0. The zero-order valence-corrected chi connectivity index (χ0v) is 14.2. The van der Waals surface area contributed by atoms with E-state index in [4.69, 9.17) is 5.73 Å². The van der Waals surface area contributed by atoms with Crippen molar-refractivity contribution in [1.82, 2.24) is 24.6 Å². The Morgan fingerprint density at radius 1 is 1.04 bits per heavy atom. The first-order valence-corrected chi connectivity index (χ1v) is 8.85. The lowest BCUT2D eigenvalue weighted by Crippen LogP contribution is -1.93. The molecule has 0 aliphatic heterocycles. The lowest BCUT2D eigenvalue weighted by molar-refractivity contribution is 0.504. The molecule has 4 aromatic rings. The molecule has 0 saturated heterocycles. The Morgan fingerprint density at radius 2 is 1.80 bits per heavy atom. The van der Waals surface area contributed by atoms with E-state index >= 15 is 0 Å². The Hall–Kier alpha value is -2.89. The highest BCUT2D eigenvalue weighted by molar-refractivity contribution is 5.94. The second kappa shape index (κ2) is 6.93. The largest absolute Gasteiger partial charge is 0.368 e. The zero-order valence-electron chi connectivity index (χ0n) is 14.2. The molecule has 4 heterocycles. The van der Waals surface area contributed by atoms with Gasteiger partial charge in [0.25, 0.3) is 0 Å². The first kappa shape index (κ1) is 15.6. The number of hydrogen-bond acceptors (Lipinski definition) is 4. The minimum atomic E-state index is 0.271. The molecular weight excluding hydrogens is 312 g/mol. The van der Waals surface area contributed by atoms with Gasteiger partial charge in [0.1, 0.15) is 5.65 Å². The molecule has 0 aromatic carbocycles. The summed E-state index contributed by atoms with van der Waals surface area (Å²) < 4.78 is 1.83. The molecule has 0 atom stereocenters. The fourth-order valence-electron chi connectivity index (χ4n) is 3.31. The van der Waals surface area contributed by atoms with Crippen LogP contribution in [0.5, 0.6) is 0 Å². The van der Waals surface area contributed by atoms with Gasteiger partial charge in [-0.2, -0.15) is 10.1 Å². The molecule has 0 spiro atoms. The van der Waals surface area contributed by atoms with Crippen molar-refractivity contribution < 1.29 is 0 Å². The summed E-state index contributed by atoms with van der Waals surface area (Å²) in [5.74, 6) is 0.271. The molecule has 0 amide bonds. The van der Waals surface area contributed by atoms with Crippen molar-refractivity contribution in [2.24, 2.45) is 0 Å². The van der Waals surface area contributed by atoms with Crippen molar-refractivity contribution in [2.45, 2.75) is 38.5 Å². The fourth-order valence-corrected chi connectivity index (χ4v) is 3.31. The van der Waals surface area contributed by atoms with Crippen LogP contribution in [0.1, 0.15) is 38.5 Å². The van der Waals surface area contributed by atoms with E-state index in [1.54, 1.807) is 12.4 Å². The summed E-state index contributed by atoms with van der Waals surface area (Å²) >= 11 is 0. The van der Waals surface area contributed by atoms with Gasteiger partial charge in [0.2, 0.25) is 5.95 Å². The molecule has 5 rings (SSSR count). The van der Waals surface area contributed by atoms with E-state index in [1.807, 2.05) is 29.0 Å². The molecule has 128 valence electrons. The Kier molecular flexibility index (Phi) is 4.33. The molecule has 4 aromatic heterocycles. The highest BCUT2D eigenvalue weighted by Crippen LogP contribution is 2.28. The maximum atomic E-state index is 5.58. The number of fused-ring (bicyclic) bond motifs is 2. The first-order chi connectivity index (χ1) is 12.3. The quantitative estimate of drug-likeness (QED) is 0.546. The number of aromatic amines is 1. The van der Waals surface area contributed by atoms with Gasteiger partial charge in [0.15, 0.2) is 0 Å². The number of nitrogens with two attached hydrogens (primary N) is 1. The SMILES string of the molecule is C1CCCCC1.Nc1ncc2c(-c3ccn4nccc4c3)c[nH]c2n1. The van der Waals surface area contributed by atoms with E-state index in [0.29, 0.717) is 0 Å². The number of nitrogen functional groups attached to an aromatic ring is 1. The number of H-pyrrole nitrogens is 1. The van der Waals surface area contributed by atoms with Gasteiger partial charge < -0.3 is 10.7 Å². The van der Waals surface area contributed by atoms with Gasteiger partial charge in [-0.1, -0.05) is 38.5 Å². The van der Waals surface area contributed by atoms with Crippen LogP contribution in [0.2, 0.25) is 0 Å². The minimum absolute atomic E-state index is 0.271. The van der Waals surface area contributed by atoms with Crippen molar-refractivity contribution in [3.8, 4) is 11.1 Å². The van der Waals surface area contributed by atoms with Crippen LogP contribution in [0.15, 0.2) is 43.0 Å². The van der Waals surface area contributed by atoms with Crippen molar-refractivity contribution in [1.29, 1.82) is 0 Å². The average Bonchev–Trinajstić information content (AvgIpc) is 3.29. The van der Waals surface area contributed by atoms with Crippen LogP contribution in [0.4, 0.5) is 5.95 Å². The topological polar surface area (TPSA) is 84.9 Å². The van der Waals surface area contributed by atoms with Gasteiger partial charge >= 0.3 is 0 Å². The number of rotatable bonds is 1. The molecule has 25 heavy (non-hydrogen) atoms. The average molecular weight is 334 g/mol. The summed E-state index contributed by atoms with van der Waals surface area (Å²) in [5.41, 5.74) is 9.51. The third-order valence-corrected chi connectivity index (χ3v) is 4.66. The van der Waals surface area contributed by atoms with Crippen LogP contribution < -0.4 is 5.73 Å². The molecular formula is C19H22N6. The third kappa shape index (κ3) is 3.33. The standard InChI is InChI=1S/C13H10N6.C6H12/c14-13-16-7-11-10(6-15-12(11)18-13)8-2-4-19-9(5-8)1-3-17-19;1-2-4-6-5-3-1/h1-7H,(H3,14,15,16,18);1-6H2. The van der Waals surface area contributed by atoms with E-state index in [1.165, 1.54) is 38.5 Å². The molecule has 1 saturated carbocycles. The van der Waals surface area contributed by atoms with Crippen LogP contribution in [0.3, 0.4) is 0 Å². The van der Waals surface area contributed by atoms with Crippen molar-refractivity contribution >= 4 is 22.5 Å². The Morgan fingerprint density at radius 3 is 2.56 bits per heavy atom. The molecule has 1 aliphatic rings. The van der Waals surface area contributed by atoms with Crippen molar-refractivity contribution in [3.05, 3.63) is 43.0 Å². The molecule has 0 radical (unpaired) electrons. The van der Waals surface area contributed by atoms with Gasteiger partial charge in [-0.3, -0.25) is 0 Å². The summed E-state index contributed by atoms with van der Waals surface area (Å²) in [7, 11) is 0. The highest BCUT2D eigenvalue weighted by atomic mass is 15.2. The number of nitrogens with zero attached hydrogens (tertiary/aromatic N) is 4. The van der Waals surface area contributed by atoms with Crippen LogP contribution in [0, 0.1) is 0 Å². The number of nitrogens with one attached hydrogen (secondary N) is 1. The van der Waals surface area contributed by atoms with Gasteiger partial charge in [-0.05, 0) is 23.8 Å². The number of aromatic nitrogens is 5. The van der Waals surface area contributed by atoms with E-state index < -0.39 is 0 Å². The summed E-state index contributed by atoms with van der Waals surface area (Å²) in [6, 6.07) is 6.05. The van der Waals surface area contributed by atoms with E-state index in [-0.39, 0.29) is 5.95 Å². The fraction of sp³-hybridized carbons (Fsp3) is 0.316. The predicted molar refractivity (Wildman–Crippen MR) is 100 cm³/mol. The second-order valence-corrected chi connectivity index (χ2v) is 6.43. The van der Waals surface area contributed by atoms with E-state index in [9.17, 15) is 0 Å². The normalized spacial score (nSPS) is 14.4. The second-order valence-electron chi connectivity index (χ2n) is 6.43. The smallest absolute Gasteiger partial charge is 0.221 e. The van der Waals surface area contributed by atoms with Crippen LogP contribution in [-0.4, -0.2) is 24.6 Å². The lowest BCUT2D eigenvalue weighted by Gasteiger charge is -2.05. The molecule has 1 aliphatic carbocycles. The van der Waals surface area contributed by atoms with Gasteiger partial charge in [0.05, 0.1) is 5.52 Å². The van der Waals surface area contributed by atoms with Crippen LogP contribution >= 0.6 is 0 Å². The number of hydrogen-bond donors (Lipinski definition) is 2. The minimum Gasteiger partial charge on any atom is -0.368 e. The predicted octanol–water partition coefficient (Wildman–Crippen LogP) is 4.20. The number of anilines is 1. The maximum absolute atomic E-state index is 5.58. The van der Waals surface area contributed by atoms with Crippen LogP contribution in [0.25, 0.3) is 27.7 Å². The van der Waals surface area contributed by atoms with Gasteiger partial charge in [0, 0.05) is 35.7 Å². The summed E-state index contributed by atoms with van der Waals surface area (Å²) in [6.07, 6.45) is 16.4. The monoisotopic (exact) mass is 334 g/mol. The Bertz CT molecular complexity index is 968. The summed E-state index contributed by atoms with van der Waals surface area (Å²) in [5, 5.41) is 5.14. The maximum Gasteiger partial charge on any atom is 0.221 e. The zero-order chi connectivity index (χ0) is 17.1. The Balaban J connectivity index is 0.000000223. The molecule has 6 heteroatoms. The van der Waals surface area contributed by atoms with Crippen LogP contribution in [-0.2, 0) is 0 Å². The van der Waals surface area contributed by atoms with Crippen molar-refractivity contribution in [2.75, 3.05) is 5.73 Å². The third-order valence-electron chi connectivity index (χ3n) is 4.66. The van der Waals surface area contributed by atoms with E-state index in [0.717, 1.165) is 27.7 Å². The molecule has 3 N–H and O–H groups in total. The highest BCUT2D eigenvalue weighted by Gasteiger charge is 2.08. The van der Waals surface area contributed by atoms with Gasteiger partial charge in [-0.25, -0.2) is 9.50 Å². The summed E-state index contributed by atoms with van der Waals surface area (Å²) in [4.78, 5) is 11.3. The van der Waals surface area contributed by atoms with E-state index in [2.05, 4.69) is 26.1 Å². The molecule has 0 unspecified atom stereocenters. The Labute approximate surface area is 146 Å².